The first-order valence-electron chi connectivity index (χ1n) is 10.6. The number of carbonyl (C=O) groups is 1. The Balaban J connectivity index is 2.01. The minimum absolute atomic E-state index is 0.151. The van der Waals surface area contributed by atoms with Crippen LogP contribution in [-0.2, 0) is 23.8 Å². The number of rotatable bonds is 8. The Kier molecular flexibility index (Phi) is 7.60. The summed E-state index contributed by atoms with van der Waals surface area (Å²) in [5.74, 6) is -0.975. The van der Waals surface area contributed by atoms with Crippen molar-refractivity contribution in [3.05, 3.63) is 30.3 Å². The average Bonchev–Trinajstić information content (AvgIpc) is 2.92. The number of hydrogen-bond acceptors (Lipinski definition) is 5. The lowest BCUT2D eigenvalue weighted by molar-refractivity contribution is -0.143. The number of benzene rings is 1. The lowest BCUT2D eigenvalue weighted by Crippen LogP contribution is -2.50. The quantitative estimate of drug-likeness (QED) is 0.433. The summed E-state index contributed by atoms with van der Waals surface area (Å²) in [6.45, 7) is 15.7. The summed E-state index contributed by atoms with van der Waals surface area (Å²) in [6, 6.07) is 7.95. The van der Waals surface area contributed by atoms with Crippen LogP contribution in [0.2, 0.25) is 18.1 Å². The number of hydrogen-bond donors (Lipinski definition) is 0. The third-order valence-corrected chi connectivity index (χ3v) is 12.4. The molecule has 0 aliphatic carbocycles. The van der Waals surface area contributed by atoms with Gasteiger partial charge in [0.15, 0.2) is 18.2 Å². The van der Waals surface area contributed by atoms with Gasteiger partial charge in [-0.15, -0.1) is 0 Å². The van der Waals surface area contributed by atoms with E-state index in [1.54, 1.807) is 23.1 Å². The van der Waals surface area contributed by atoms with Crippen LogP contribution in [0.15, 0.2) is 35.2 Å². The zero-order chi connectivity index (χ0) is 22.8. The van der Waals surface area contributed by atoms with Crippen LogP contribution in [0.4, 0.5) is 0 Å². The molecule has 0 aromatic heterocycles. The molecule has 8 heteroatoms. The van der Waals surface area contributed by atoms with Crippen molar-refractivity contribution in [2.24, 2.45) is 0 Å². The first kappa shape index (κ1) is 25.0. The van der Waals surface area contributed by atoms with Crippen molar-refractivity contribution in [1.29, 1.82) is 0 Å². The zero-order valence-corrected chi connectivity index (χ0v) is 21.2. The minimum atomic E-state index is -3.70. The van der Waals surface area contributed by atoms with E-state index in [1.165, 1.54) is 12.1 Å². The van der Waals surface area contributed by atoms with E-state index in [0.717, 1.165) is 12.8 Å². The highest BCUT2D eigenvalue weighted by molar-refractivity contribution is 7.92. The molecular formula is C22H37NO5SSi. The fraction of sp³-hybridized carbons (Fsp3) is 0.682. The van der Waals surface area contributed by atoms with E-state index in [9.17, 15) is 13.2 Å². The second-order valence-electron chi connectivity index (χ2n) is 10.00. The van der Waals surface area contributed by atoms with E-state index >= 15 is 0 Å². The van der Waals surface area contributed by atoms with Gasteiger partial charge in [-0.25, -0.2) is 8.42 Å². The molecule has 0 radical (unpaired) electrons. The Morgan fingerprint density at radius 3 is 2.40 bits per heavy atom. The lowest BCUT2D eigenvalue weighted by atomic mass is 10.1. The smallest absolute Gasteiger partial charge is 0.240 e. The van der Waals surface area contributed by atoms with Crippen LogP contribution in [-0.4, -0.2) is 58.3 Å². The second-order valence-corrected chi connectivity index (χ2v) is 16.8. The second kappa shape index (κ2) is 9.10. The van der Waals surface area contributed by atoms with E-state index in [4.69, 9.17) is 9.16 Å². The van der Waals surface area contributed by atoms with Gasteiger partial charge in [0.25, 0.3) is 0 Å². The van der Waals surface area contributed by atoms with Gasteiger partial charge < -0.3 is 14.1 Å². The van der Waals surface area contributed by atoms with Gasteiger partial charge in [0.1, 0.15) is 11.5 Å². The summed E-state index contributed by atoms with van der Waals surface area (Å²) in [4.78, 5) is 14.8. The molecule has 0 spiro atoms. The van der Waals surface area contributed by atoms with E-state index in [2.05, 4.69) is 33.9 Å². The summed E-state index contributed by atoms with van der Waals surface area (Å²) < 4.78 is 37.4. The van der Waals surface area contributed by atoms with E-state index in [1.807, 2.05) is 13.8 Å². The van der Waals surface area contributed by atoms with Crippen molar-refractivity contribution in [3.63, 3.8) is 0 Å². The van der Waals surface area contributed by atoms with Crippen molar-refractivity contribution < 1.29 is 22.4 Å². The molecule has 1 aromatic carbocycles. The van der Waals surface area contributed by atoms with Gasteiger partial charge in [-0.3, -0.25) is 4.79 Å². The summed E-state index contributed by atoms with van der Waals surface area (Å²) in [5.41, 5.74) is -0.825. The predicted molar refractivity (Wildman–Crippen MR) is 122 cm³/mol. The number of amides is 1. The van der Waals surface area contributed by atoms with Gasteiger partial charge >= 0.3 is 0 Å². The molecule has 0 N–H and O–H groups in total. The van der Waals surface area contributed by atoms with Gasteiger partial charge in [-0.05, 0) is 57.0 Å². The largest absolute Gasteiger partial charge is 0.417 e. The van der Waals surface area contributed by atoms with Crippen molar-refractivity contribution in [2.75, 3.05) is 19.0 Å². The van der Waals surface area contributed by atoms with Gasteiger partial charge in [0, 0.05) is 6.61 Å². The molecule has 170 valence electrons. The van der Waals surface area contributed by atoms with E-state index < -0.39 is 35.5 Å². The third-order valence-electron chi connectivity index (χ3n) is 6.21. The van der Waals surface area contributed by atoms with Crippen LogP contribution in [0, 0.1) is 0 Å². The molecule has 1 saturated heterocycles. The first-order chi connectivity index (χ1) is 13.7. The lowest BCUT2D eigenvalue weighted by Gasteiger charge is -2.36. The van der Waals surface area contributed by atoms with Gasteiger partial charge in [-0.2, -0.15) is 0 Å². The molecule has 1 heterocycles. The molecule has 1 aromatic rings. The topological polar surface area (TPSA) is 72.9 Å². The monoisotopic (exact) mass is 455 g/mol. The summed E-state index contributed by atoms with van der Waals surface area (Å²) in [5, 5.41) is 0.152. The highest BCUT2D eigenvalue weighted by atomic mass is 32.2. The van der Waals surface area contributed by atoms with Crippen molar-refractivity contribution in [1.82, 2.24) is 4.90 Å². The highest BCUT2D eigenvalue weighted by Crippen LogP contribution is 2.37. The highest BCUT2D eigenvalue weighted by Gasteiger charge is 2.44. The summed E-state index contributed by atoms with van der Waals surface area (Å²) in [7, 11) is -5.51. The molecule has 1 fully saturated rings. The third kappa shape index (κ3) is 5.93. The van der Waals surface area contributed by atoms with E-state index in [0.29, 0.717) is 13.2 Å². The van der Waals surface area contributed by atoms with Crippen LogP contribution >= 0.6 is 0 Å². The molecule has 2 rings (SSSR count). The number of carbonyl (C=O) groups excluding carboxylic acids is 1. The van der Waals surface area contributed by atoms with Crippen LogP contribution in [0.1, 0.15) is 47.5 Å². The van der Waals surface area contributed by atoms with Crippen molar-refractivity contribution in [2.45, 2.75) is 82.3 Å². The first-order valence-corrected chi connectivity index (χ1v) is 15.1. The van der Waals surface area contributed by atoms with Gasteiger partial charge in [0.2, 0.25) is 5.91 Å². The van der Waals surface area contributed by atoms with Crippen LogP contribution in [0.5, 0.6) is 0 Å². The maximum atomic E-state index is 13.0. The molecule has 6 nitrogen and oxygen atoms in total. The maximum Gasteiger partial charge on any atom is 0.240 e. The van der Waals surface area contributed by atoms with Crippen LogP contribution in [0.25, 0.3) is 0 Å². The van der Waals surface area contributed by atoms with Crippen LogP contribution in [0.3, 0.4) is 0 Å². The van der Waals surface area contributed by atoms with Crippen molar-refractivity contribution >= 4 is 24.1 Å². The maximum absolute atomic E-state index is 13.0. The SMILES string of the molecule is CC1(C)OC[C@H](CCCO[Si](C)(C)C(C)(C)C)N1C(=O)CS(=O)(=O)c1ccccc1. The Labute approximate surface area is 183 Å². The van der Waals surface area contributed by atoms with Gasteiger partial charge in [0.05, 0.1) is 17.5 Å². The summed E-state index contributed by atoms with van der Waals surface area (Å²) in [6.07, 6.45) is 1.51. The Morgan fingerprint density at radius 1 is 1.23 bits per heavy atom. The van der Waals surface area contributed by atoms with E-state index in [-0.39, 0.29) is 16.0 Å². The standard InChI is InChI=1S/C22H37NO5SSi/c1-21(2,3)30(6,7)28-15-11-12-18-16-27-22(4,5)23(18)20(24)17-29(25,26)19-13-9-8-10-14-19/h8-10,13-14,18H,11-12,15-17H2,1-7H3/t18-/m0/s1. The zero-order valence-electron chi connectivity index (χ0n) is 19.4. The molecule has 0 unspecified atom stereocenters. The Hall–Kier alpha value is -1.22. The molecule has 0 bridgehead atoms. The van der Waals surface area contributed by atoms with Crippen LogP contribution < -0.4 is 0 Å². The fourth-order valence-corrected chi connectivity index (χ4v) is 5.70. The minimum Gasteiger partial charge on any atom is -0.417 e. The average molecular weight is 456 g/mol. The number of ether oxygens (including phenoxy) is 1. The molecule has 1 aliphatic rings. The Bertz CT molecular complexity index is 831. The van der Waals surface area contributed by atoms with Gasteiger partial charge in [-0.1, -0.05) is 39.0 Å². The molecule has 1 atom stereocenters. The Morgan fingerprint density at radius 2 is 1.83 bits per heavy atom. The molecule has 1 aliphatic heterocycles. The summed E-state index contributed by atoms with van der Waals surface area (Å²) >= 11 is 0. The number of sulfone groups is 1. The molecule has 0 saturated carbocycles. The molecule has 1 amide bonds. The van der Waals surface area contributed by atoms with Crippen molar-refractivity contribution in [3.8, 4) is 0 Å². The molecule has 30 heavy (non-hydrogen) atoms. The number of nitrogens with zero attached hydrogens (tertiary/aromatic N) is 1. The molecular weight excluding hydrogens is 418 g/mol. The predicted octanol–water partition coefficient (Wildman–Crippen LogP) is 4.23. The normalized spacial score (nSPS) is 19.8. The fourth-order valence-electron chi connectivity index (χ4n) is 3.41.